The van der Waals surface area contributed by atoms with Crippen LogP contribution < -0.4 is 14.4 Å². The summed E-state index contributed by atoms with van der Waals surface area (Å²) in [5.41, 5.74) is 1.39. The topological polar surface area (TPSA) is 77.4 Å². The standard InChI is InChI=1S/C20H22N4O3S/c1-13(2)12-24(19(25)15-9-16(26-3)11-17(10-15)27-4)20-23-22-18(28-20)14-5-7-21-8-6-14/h5-11,13H,12H2,1-4H3. The SMILES string of the molecule is COc1cc(OC)cc(C(=O)N(CC(C)C)c2nnc(-c3ccncc3)s2)c1. The molecule has 0 aliphatic carbocycles. The van der Waals surface area contributed by atoms with Crippen molar-refractivity contribution in [1.82, 2.24) is 15.2 Å². The Labute approximate surface area is 168 Å². The van der Waals surface area contributed by atoms with E-state index in [1.54, 1.807) is 49.7 Å². The van der Waals surface area contributed by atoms with Crippen molar-refractivity contribution >= 4 is 22.4 Å². The second-order valence-corrected chi connectivity index (χ2v) is 7.49. The van der Waals surface area contributed by atoms with E-state index < -0.39 is 0 Å². The molecule has 8 heteroatoms. The van der Waals surface area contributed by atoms with E-state index >= 15 is 0 Å². The largest absolute Gasteiger partial charge is 0.497 e. The van der Waals surface area contributed by atoms with Crippen molar-refractivity contribution in [3.63, 3.8) is 0 Å². The van der Waals surface area contributed by atoms with Crippen LogP contribution in [0.25, 0.3) is 10.6 Å². The lowest BCUT2D eigenvalue weighted by Crippen LogP contribution is -2.34. The van der Waals surface area contributed by atoms with Crippen molar-refractivity contribution in [2.45, 2.75) is 13.8 Å². The third-order valence-corrected chi connectivity index (χ3v) is 4.96. The van der Waals surface area contributed by atoms with Crippen LogP contribution in [-0.2, 0) is 0 Å². The highest BCUT2D eigenvalue weighted by molar-refractivity contribution is 7.18. The first-order valence-corrected chi connectivity index (χ1v) is 9.62. The van der Waals surface area contributed by atoms with Crippen LogP contribution in [0.3, 0.4) is 0 Å². The summed E-state index contributed by atoms with van der Waals surface area (Å²) in [4.78, 5) is 19.0. The highest BCUT2D eigenvalue weighted by Gasteiger charge is 2.24. The average Bonchev–Trinajstić information content (AvgIpc) is 3.21. The summed E-state index contributed by atoms with van der Waals surface area (Å²) in [6.45, 7) is 4.62. The van der Waals surface area contributed by atoms with Gasteiger partial charge in [-0.2, -0.15) is 0 Å². The summed E-state index contributed by atoms with van der Waals surface area (Å²) in [5, 5.41) is 9.81. The molecule has 3 rings (SSSR count). The molecule has 0 aliphatic rings. The molecule has 146 valence electrons. The van der Waals surface area contributed by atoms with Crippen LogP contribution in [0.4, 0.5) is 5.13 Å². The Morgan fingerprint density at radius 1 is 1.07 bits per heavy atom. The van der Waals surface area contributed by atoms with Crippen molar-refractivity contribution in [2.24, 2.45) is 5.92 Å². The van der Waals surface area contributed by atoms with Gasteiger partial charge in [0.25, 0.3) is 5.91 Å². The zero-order valence-electron chi connectivity index (χ0n) is 16.2. The molecule has 0 radical (unpaired) electrons. The number of methoxy groups -OCH3 is 2. The van der Waals surface area contributed by atoms with E-state index in [0.29, 0.717) is 28.7 Å². The molecule has 0 bridgehead atoms. The number of hydrogen-bond donors (Lipinski definition) is 0. The van der Waals surface area contributed by atoms with Crippen molar-refractivity contribution in [3.05, 3.63) is 48.3 Å². The first-order valence-electron chi connectivity index (χ1n) is 8.80. The zero-order valence-corrected chi connectivity index (χ0v) is 17.1. The number of pyridine rings is 1. The summed E-state index contributed by atoms with van der Waals surface area (Å²) >= 11 is 1.37. The number of carbonyl (C=O) groups is 1. The Hall–Kier alpha value is -3.00. The first-order chi connectivity index (χ1) is 13.5. The third-order valence-electron chi connectivity index (χ3n) is 3.96. The van der Waals surface area contributed by atoms with Crippen LogP contribution >= 0.6 is 11.3 Å². The van der Waals surface area contributed by atoms with E-state index in [0.717, 1.165) is 10.6 Å². The van der Waals surface area contributed by atoms with Crippen LogP contribution in [0.2, 0.25) is 0 Å². The molecular formula is C20H22N4O3S. The summed E-state index contributed by atoms with van der Waals surface area (Å²) in [7, 11) is 3.11. The maximum Gasteiger partial charge on any atom is 0.260 e. The lowest BCUT2D eigenvalue weighted by molar-refractivity contribution is 0.0983. The van der Waals surface area contributed by atoms with Gasteiger partial charge in [0.05, 0.1) is 14.2 Å². The molecule has 0 N–H and O–H groups in total. The molecule has 7 nitrogen and oxygen atoms in total. The number of ether oxygens (including phenoxy) is 2. The van der Waals surface area contributed by atoms with Gasteiger partial charge in [-0.15, -0.1) is 10.2 Å². The van der Waals surface area contributed by atoms with Crippen LogP contribution in [0, 0.1) is 5.92 Å². The summed E-state index contributed by atoms with van der Waals surface area (Å²) in [5.74, 6) is 1.19. The maximum atomic E-state index is 13.3. The van der Waals surface area contributed by atoms with Gasteiger partial charge in [-0.05, 0) is 30.2 Å². The van der Waals surface area contributed by atoms with Gasteiger partial charge >= 0.3 is 0 Å². The Kier molecular flexibility index (Phi) is 6.20. The number of hydrogen-bond acceptors (Lipinski definition) is 7. The molecule has 1 aromatic carbocycles. The molecule has 3 aromatic rings. The number of anilines is 1. The quantitative estimate of drug-likeness (QED) is 0.600. The number of nitrogens with zero attached hydrogens (tertiary/aromatic N) is 4. The smallest absolute Gasteiger partial charge is 0.260 e. The Morgan fingerprint density at radius 2 is 1.71 bits per heavy atom. The van der Waals surface area contributed by atoms with Gasteiger partial charge in [0.2, 0.25) is 5.13 Å². The summed E-state index contributed by atoms with van der Waals surface area (Å²) in [6.07, 6.45) is 3.41. The summed E-state index contributed by atoms with van der Waals surface area (Å²) < 4.78 is 10.6. The molecule has 2 aromatic heterocycles. The Morgan fingerprint density at radius 3 is 2.29 bits per heavy atom. The predicted molar refractivity (Wildman–Crippen MR) is 109 cm³/mol. The van der Waals surface area contributed by atoms with Crippen molar-refractivity contribution in [3.8, 4) is 22.1 Å². The van der Waals surface area contributed by atoms with E-state index in [2.05, 4.69) is 29.0 Å². The van der Waals surface area contributed by atoms with Gasteiger partial charge in [-0.1, -0.05) is 25.2 Å². The van der Waals surface area contributed by atoms with E-state index in [1.165, 1.54) is 11.3 Å². The van der Waals surface area contributed by atoms with Crippen LogP contribution in [0.5, 0.6) is 11.5 Å². The molecule has 0 saturated carbocycles. The van der Waals surface area contributed by atoms with Gasteiger partial charge in [-0.3, -0.25) is 14.7 Å². The second-order valence-electron chi connectivity index (χ2n) is 6.54. The highest BCUT2D eigenvalue weighted by atomic mass is 32.1. The predicted octanol–water partition coefficient (Wildman–Crippen LogP) is 3.92. The molecule has 1 amide bonds. The maximum absolute atomic E-state index is 13.3. The number of aromatic nitrogens is 3. The van der Waals surface area contributed by atoms with E-state index in [1.807, 2.05) is 12.1 Å². The Balaban J connectivity index is 1.97. The number of rotatable bonds is 7. The molecule has 0 unspecified atom stereocenters. The van der Waals surface area contributed by atoms with Gasteiger partial charge in [0, 0.05) is 36.1 Å². The lowest BCUT2D eigenvalue weighted by atomic mass is 10.1. The van der Waals surface area contributed by atoms with E-state index in [4.69, 9.17) is 9.47 Å². The minimum atomic E-state index is -0.177. The molecule has 0 fully saturated rings. The fourth-order valence-electron chi connectivity index (χ4n) is 2.64. The second kappa shape index (κ2) is 8.79. The molecule has 2 heterocycles. The number of benzene rings is 1. The average molecular weight is 398 g/mol. The van der Waals surface area contributed by atoms with Crippen molar-refractivity contribution in [1.29, 1.82) is 0 Å². The number of amides is 1. The van der Waals surface area contributed by atoms with Gasteiger partial charge in [0.15, 0.2) is 0 Å². The van der Waals surface area contributed by atoms with Crippen molar-refractivity contribution in [2.75, 3.05) is 25.7 Å². The summed E-state index contributed by atoms with van der Waals surface area (Å²) in [6, 6.07) is 8.86. The monoisotopic (exact) mass is 398 g/mol. The van der Waals surface area contributed by atoms with Gasteiger partial charge < -0.3 is 9.47 Å². The van der Waals surface area contributed by atoms with E-state index in [9.17, 15) is 4.79 Å². The fourth-order valence-corrected chi connectivity index (χ4v) is 3.49. The molecule has 0 spiro atoms. The minimum absolute atomic E-state index is 0.177. The molecular weight excluding hydrogens is 376 g/mol. The minimum Gasteiger partial charge on any atom is -0.497 e. The van der Waals surface area contributed by atoms with E-state index in [-0.39, 0.29) is 11.8 Å². The van der Waals surface area contributed by atoms with Gasteiger partial charge in [0.1, 0.15) is 16.5 Å². The Bertz CT molecular complexity index is 921. The molecule has 0 saturated heterocycles. The van der Waals surface area contributed by atoms with Crippen molar-refractivity contribution < 1.29 is 14.3 Å². The van der Waals surface area contributed by atoms with Gasteiger partial charge in [-0.25, -0.2) is 0 Å². The molecule has 28 heavy (non-hydrogen) atoms. The van der Waals surface area contributed by atoms with Crippen LogP contribution in [0.1, 0.15) is 24.2 Å². The van der Waals surface area contributed by atoms with Crippen LogP contribution in [0.15, 0.2) is 42.7 Å². The molecule has 0 atom stereocenters. The first kappa shape index (κ1) is 19.8. The fraction of sp³-hybridized carbons (Fsp3) is 0.300. The third kappa shape index (κ3) is 4.45. The zero-order chi connectivity index (χ0) is 20.1. The number of carbonyl (C=O) groups excluding carboxylic acids is 1. The van der Waals surface area contributed by atoms with Crippen LogP contribution in [-0.4, -0.2) is 41.9 Å². The lowest BCUT2D eigenvalue weighted by Gasteiger charge is -2.22. The molecule has 0 aliphatic heterocycles. The normalized spacial score (nSPS) is 10.8. The highest BCUT2D eigenvalue weighted by Crippen LogP contribution is 2.31.